The van der Waals surface area contributed by atoms with Crippen molar-refractivity contribution in [2.45, 2.75) is 13.2 Å². The molecular formula is C22H18BrCl2NO3. The van der Waals surface area contributed by atoms with E-state index in [-0.39, 0.29) is 6.61 Å². The Balaban J connectivity index is 1.48. The van der Waals surface area contributed by atoms with Crippen LogP contribution in [0.1, 0.15) is 11.1 Å². The monoisotopic (exact) mass is 493 g/mol. The number of anilines is 1. The summed E-state index contributed by atoms with van der Waals surface area (Å²) in [4.78, 5) is 0. The van der Waals surface area contributed by atoms with Crippen molar-refractivity contribution in [1.82, 2.24) is 0 Å². The molecule has 4 nitrogen and oxygen atoms in total. The molecule has 7 heteroatoms. The molecule has 150 valence electrons. The summed E-state index contributed by atoms with van der Waals surface area (Å²) in [6.45, 7) is 2.00. The van der Waals surface area contributed by atoms with Crippen molar-refractivity contribution in [1.29, 1.82) is 0 Å². The van der Waals surface area contributed by atoms with Crippen LogP contribution in [-0.4, -0.2) is 13.2 Å². The van der Waals surface area contributed by atoms with Crippen LogP contribution in [0.5, 0.6) is 17.2 Å². The van der Waals surface area contributed by atoms with E-state index in [0.717, 1.165) is 38.5 Å². The van der Waals surface area contributed by atoms with Crippen LogP contribution in [0.15, 0.2) is 59.1 Å². The van der Waals surface area contributed by atoms with E-state index in [9.17, 15) is 0 Å². The number of hydrogen-bond acceptors (Lipinski definition) is 4. The van der Waals surface area contributed by atoms with Gasteiger partial charge in [0.05, 0.1) is 0 Å². The Morgan fingerprint density at radius 3 is 2.48 bits per heavy atom. The number of benzene rings is 3. The summed E-state index contributed by atoms with van der Waals surface area (Å²) in [5.74, 6) is 2.28. The van der Waals surface area contributed by atoms with Gasteiger partial charge >= 0.3 is 0 Å². The minimum absolute atomic E-state index is 0.289. The summed E-state index contributed by atoms with van der Waals surface area (Å²) in [7, 11) is 0. The van der Waals surface area contributed by atoms with Gasteiger partial charge in [0.25, 0.3) is 0 Å². The third kappa shape index (κ3) is 4.92. The number of rotatable bonds is 6. The van der Waals surface area contributed by atoms with Crippen molar-refractivity contribution >= 4 is 44.8 Å². The molecule has 1 heterocycles. The topological polar surface area (TPSA) is 39.7 Å². The first-order valence-electron chi connectivity index (χ1n) is 9.08. The molecule has 29 heavy (non-hydrogen) atoms. The Hall–Kier alpha value is -2.08. The predicted molar refractivity (Wildman–Crippen MR) is 120 cm³/mol. The quantitative estimate of drug-likeness (QED) is 0.413. The van der Waals surface area contributed by atoms with E-state index < -0.39 is 0 Å². The van der Waals surface area contributed by atoms with Crippen molar-refractivity contribution in [2.75, 3.05) is 18.5 Å². The number of ether oxygens (including phenoxy) is 3. The number of nitrogens with one attached hydrogen (secondary N) is 1. The zero-order chi connectivity index (χ0) is 20.2. The van der Waals surface area contributed by atoms with E-state index in [1.165, 1.54) is 0 Å². The second-order valence-corrected chi connectivity index (χ2v) is 8.18. The van der Waals surface area contributed by atoms with Crippen molar-refractivity contribution < 1.29 is 14.2 Å². The Morgan fingerprint density at radius 2 is 1.69 bits per heavy atom. The van der Waals surface area contributed by atoms with Crippen molar-refractivity contribution in [3.05, 3.63) is 80.2 Å². The highest BCUT2D eigenvalue weighted by Crippen LogP contribution is 2.33. The molecule has 0 fully saturated rings. The summed E-state index contributed by atoms with van der Waals surface area (Å²) >= 11 is 16.0. The van der Waals surface area contributed by atoms with E-state index in [2.05, 4.69) is 21.2 Å². The van der Waals surface area contributed by atoms with Crippen LogP contribution in [-0.2, 0) is 13.2 Å². The van der Waals surface area contributed by atoms with Gasteiger partial charge in [-0.15, -0.1) is 0 Å². The smallest absolute Gasteiger partial charge is 0.163 e. The van der Waals surface area contributed by atoms with Gasteiger partial charge in [0.1, 0.15) is 25.6 Å². The molecule has 0 radical (unpaired) electrons. The fraction of sp³-hybridized carbons (Fsp3) is 0.182. The summed E-state index contributed by atoms with van der Waals surface area (Å²) in [6.07, 6.45) is 0. The molecule has 4 rings (SSSR count). The summed E-state index contributed by atoms with van der Waals surface area (Å²) in [6, 6.07) is 17.1. The molecule has 0 atom stereocenters. The van der Waals surface area contributed by atoms with E-state index in [4.69, 9.17) is 37.4 Å². The lowest BCUT2D eigenvalue weighted by Crippen LogP contribution is -2.15. The average Bonchev–Trinajstić information content (AvgIpc) is 2.73. The van der Waals surface area contributed by atoms with E-state index >= 15 is 0 Å². The molecule has 0 amide bonds. The van der Waals surface area contributed by atoms with Crippen LogP contribution >= 0.6 is 39.1 Å². The molecule has 1 aliphatic rings. The van der Waals surface area contributed by atoms with Gasteiger partial charge in [-0.3, -0.25) is 0 Å². The SMILES string of the molecule is Clc1cccc(Cl)c1COc1ccc(Br)cc1CNc1ccc2c(c1)OCCO2. The fourth-order valence-corrected chi connectivity index (χ4v) is 3.91. The van der Waals surface area contributed by atoms with Crippen LogP contribution in [0.3, 0.4) is 0 Å². The summed E-state index contributed by atoms with van der Waals surface area (Å²) in [5.41, 5.74) is 2.70. The van der Waals surface area contributed by atoms with Crippen LogP contribution in [0.4, 0.5) is 5.69 Å². The minimum Gasteiger partial charge on any atom is -0.488 e. The van der Waals surface area contributed by atoms with Gasteiger partial charge in [0.2, 0.25) is 0 Å². The molecule has 0 spiro atoms. The van der Waals surface area contributed by atoms with Gasteiger partial charge in [-0.1, -0.05) is 45.2 Å². The molecular weight excluding hydrogens is 477 g/mol. The Bertz CT molecular complexity index is 1010. The highest BCUT2D eigenvalue weighted by Gasteiger charge is 2.13. The summed E-state index contributed by atoms with van der Waals surface area (Å²) in [5, 5.41) is 4.59. The lowest BCUT2D eigenvalue weighted by atomic mass is 10.2. The highest BCUT2D eigenvalue weighted by atomic mass is 79.9. The van der Waals surface area contributed by atoms with Gasteiger partial charge in [0, 0.05) is 43.9 Å². The maximum Gasteiger partial charge on any atom is 0.163 e. The number of halogens is 3. The van der Waals surface area contributed by atoms with Crippen molar-refractivity contribution in [2.24, 2.45) is 0 Å². The molecule has 0 aliphatic carbocycles. The zero-order valence-corrected chi connectivity index (χ0v) is 18.5. The first-order chi connectivity index (χ1) is 14.1. The lowest BCUT2D eigenvalue weighted by molar-refractivity contribution is 0.171. The van der Waals surface area contributed by atoms with E-state index in [1.807, 2.05) is 42.5 Å². The molecule has 3 aromatic rings. The van der Waals surface area contributed by atoms with Crippen LogP contribution < -0.4 is 19.5 Å². The summed E-state index contributed by atoms with van der Waals surface area (Å²) < 4.78 is 18.2. The van der Waals surface area contributed by atoms with E-state index in [0.29, 0.717) is 29.8 Å². The van der Waals surface area contributed by atoms with E-state index in [1.54, 1.807) is 12.1 Å². The van der Waals surface area contributed by atoms with Gasteiger partial charge < -0.3 is 19.5 Å². The molecule has 0 unspecified atom stereocenters. The maximum absolute atomic E-state index is 6.25. The Morgan fingerprint density at radius 1 is 0.931 bits per heavy atom. The number of hydrogen-bond donors (Lipinski definition) is 1. The molecule has 0 aromatic heterocycles. The Labute approximate surface area is 187 Å². The molecule has 0 bridgehead atoms. The van der Waals surface area contributed by atoms with Crippen LogP contribution in [0.2, 0.25) is 10.0 Å². The largest absolute Gasteiger partial charge is 0.488 e. The van der Waals surface area contributed by atoms with Crippen molar-refractivity contribution in [3.63, 3.8) is 0 Å². The normalized spacial score (nSPS) is 12.5. The average molecular weight is 495 g/mol. The first-order valence-corrected chi connectivity index (χ1v) is 10.6. The molecule has 3 aromatic carbocycles. The van der Waals surface area contributed by atoms with Crippen LogP contribution in [0, 0.1) is 0 Å². The molecule has 1 aliphatic heterocycles. The third-order valence-corrected chi connectivity index (χ3v) is 5.68. The molecule has 0 saturated carbocycles. The first kappa shape index (κ1) is 20.2. The second-order valence-electron chi connectivity index (χ2n) is 6.45. The molecule has 1 N–H and O–H groups in total. The van der Waals surface area contributed by atoms with Crippen molar-refractivity contribution in [3.8, 4) is 17.2 Å². The van der Waals surface area contributed by atoms with Gasteiger partial charge in [-0.2, -0.15) is 0 Å². The highest BCUT2D eigenvalue weighted by molar-refractivity contribution is 9.10. The third-order valence-electron chi connectivity index (χ3n) is 4.48. The maximum atomic E-state index is 6.25. The lowest BCUT2D eigenvalue weighted by Gasteiger charge is -2.19. The predicted octanol–water partition coefficient (Wildman–Crippen LogP) is 6.72. The standard InChI is InChI=1S/C22H18BrCl2NO3/c23-15-4-6-20(29-13-17-18(24)2-1-3-19(17)25)14(10-15)12-26-16-5-7-21-22(11-16)28-9-8-27-21/h1-7,10-11,26H,8-9,12-13H2. The minimum atomic E-state index is 0.289. The molecule has 0 saturated heterocycles. The van der Waals surface area contributed by atoms with Gasteiger partial charge in [-0.25, -0.2) is 0 Å². The Kier molecular flexibility index (Phi) is 6.38. The fourth-order valence-electron chi connectivity index (χ4n) is 3.00. The van der Waals surface area contributed by atoms with Gasteiger partial charge in [-0.05, 0) is 42.5 Å². The second kappa shape index (κ2) is 9.16. The zero-order valence-electron chi connectivity index (χ0n) is 15.4. The van der Waals surface area contributed by atoms with Crippen LogP contribution in [0.25, 0.3) is 0 Å². The number of fused-ring (bicyclic) bond motifs is 1. The van der Waals surface area contributed by atoms with Gasteiger partial charge in [0.15, 0.2) is 11.5 Å².